The quantitative estimate of drug-likeness (QED) is 0.806. The van der Waals surface area contributed by atoms with E-state index in [0.717, 1.165) is 12.8 Å². The number of rotatable bonds is 3. The monoisotopic (exact) mass is 296 g/mol. The summed E-state index contributed by atoms with van der Waals surface area (Å²) in [5, 5.41) is 0.302. The molecule has 108 valence electrons. The minimum Gasteiger partial charge on any atom is -0.497 e. The predicted molar refractivity (Wildman–Crippen MR) is 75.0 cm³/mol. The van der Waals surface area contributed by atoms with Crippen LogP contribution in [0, 0.1) is 11.7 Å². The molecule has 20 heavy (non-hydrogen) atoms. The summed E-state index contributed by atoms with van der Waals surface area (Å²) in [6.45, 7) is 0. The first-order valence-electron chi connectivity index (χ1n) is 6.86. The molecule has 2 bridgehead atoms. The molecule has 3 nitrogen and oxygen atoms in total. The Bertz CT molecular complexity index is 556. The molecule has 0 aromatic heterocycles. The zero-order valence-electron chi connectivity index (χ0n) is 11.3. The summed E-state index contributed by atoms with van der Waals surface area (Å²) in [5.74, 6) is -0.279. The normalized spacial score (nSPS) is 32.1. The SMILES string of the molecule is COc1cc(F)cc(C(=O)C2CC3CCC(C2)S3=O)c1. The van der Waals surface area contributed by atoms with Crippen molar-refractivity contribution in [3.63, 3.8) is 0 Å². The Morgan fingerprint density at radius 2 is 1.90 bits per heavy atom. The maximum absolute atomic E-state index is 13.5. The summed E-state index contributed by atoms with van der Waals surface area (Å²) < 4.78 is 30.5. The van der Waals surface area contributed by atoms with Crippen LogP contribution < -0.4 is 4.74 Å². The van der Waals surface area contributed by atoms with Crippen LogP contribution in [0.25, 0.3) is 0 Å². The molecule has 2 saturated heterocycles. The number of hydrogen-bond acceptors (Lipinski definition) is 3. The lowest BCUT2D eigenvalue weighted by Gasteiger charge is -2.26. The number of methoxy groups -OCH3 is 1. The van der Waals surface area contributed by atoms with Gasteiger partial charge in [-0.05, 0) is 37.8 Å². The van der Waals surface area contributed by atoms with E-state index in [0.29, 0.717) is 24.2 Å². The molecular weight excluding hydrogens is 279 g/mol. The van der Waals surface area contributed by atoms with Crippen LogP contribution in [-0.2, 0) is 10.8 Å². The van der Waals surface area contributed by atoms with Gasteiger partial charge in [-0.2, -0.15) is 0 Å². The van der Waals surface area contributed by atoms with Gasteiger partial charge in [0.05, 0.1) is 7.11 Å². The van der Waals surface area contributed by atoms with Gasteiger partial charge in [0, 0.05) is 38.8 Å². The molecule has 3 rings (SSSR count). The summed E-state index contributed by atoms with van der Waals surface area (Å²) in [6.07, 6.45) is 3.24. The molecule has 0 saturated carbocycles. The van der Waals surface area contributed by atoms with E-state index >= 15 is 0 Å². The molecule has 2 atom stereocenters. The van der Waals surface area contributed by atoms with Gasteiger partial charge >= 0.3 is 0 Å². The maximum atomic E-state index is 13.5. The summed E-state index contributed by atoms with van der Waals surface area (Å²) in [7, 11) is 0.678. The van der Waals surface area contributed by atoms with Crippen LogP contribution in [0.1, 0.15) is 36.0 Å². The second-order valence-electron chi connectivity index (χ2n) is 5.56. The topological polar surface area (TPSA) is 43.4 Å². The number of benzene rings is 1. The van der Waals surface area contributed by atoms with Gasteiger partial charge in [0.2, 0.25) is 0 Å². The lowest BCUT2D eigenvalue weighted by atomic mass is 9.90. The van der Waals surface area contributed by atoms with Crippen LogP contribution in [0.3, 0.4) is 0 Å². The Balaban J connectivity index is 1.83. The molecule has 1 aromatic rings. The first-order chi connectivity index (χ1) is 9.58. The zero-order valence-corrected chi connectivity index (χ0v) is 12.1. The Kier molecular flexibility index (Phi) is 3.63. The average Bonchev–Trinajstić information content (AvgIpc) is 2.67. The molecule has 2 aliphatic heterocycles. The van der Waals surface area contributed by atoms with Crippen molar-refractivity contribution in [2.45, 2.75) is 36.2 Å². The number of halogens is 1. The Morgan fingerprint density at radius 1 is 1.25 bits per heavy atom. The van der Waals surface area contributed by atoms with Gasteiger partial charge in [0.1, 0.15) is 11.6 Å². The second-order valence-corrected chi connectivity index (χ2v) is 7.55. The highest BCUT2D eigenvalue weighted by molar-refractivity contribution is 7.86. The molecule has 2 heterocycles. The third-order valence-corrected chi connectivity index (χ3v) is 6.50. The van der Waals surface area contributed by atoms with Crippen LogP contribution >= 0.6 is 0 Å². The molecule has 0 aliphatic carbocycles. The average molecular weight is 296 g/mol. The van der Waals surface area contributed by atoms with Crippen molar-refractivity contribution in [3.05, 3.63) is 29.6 Å². The first-order valence-corrected chi connectivity index (χ1v) is 8.14. The van der Waals surface area contributed by atoms with E-state index in [1.165, 1.54) is 19.2 Å². The Morgan fingerprint density at radius 3 is 2.50 bits per heavy atom. The van der Waals surface area contributed by atoms with E-state index < -0.39 is 16.6 Å². The summed E-state index contributed by atoms with van der Waals surface area (Å²) >= 11 is 0. The van der Waals surface area contributed by atoms with Gasteiger partial charge < -0.3 is 4.74 Å². The summed E-state index contributed by atoms with van der Waals surface area (Å²) in [5.41, 5.74) is 0.360. The Hall–Kier alpha value is -1.23. The highest BCUT2D eigenvalue weighted by atomic mass is 32.2. The number of ketones is 1. The van der Waals surface area contributed by atoms with E-state index in [4.69, 9.17) is 4.74 Å². The number of ether oxygens (including phenoxy) is 1. The van der Waals surface area contributed by atoms with Gasteiger partial charge in [-0.1, -0.05) is 0 Å². The van der Waals surface area contributed by atoms with Gasteiger partial charge in [0.25, 0.3) is 0 Å². The molecule has 2 unspecified atom stereocenters. The molecule has 5 heteroatoms. The largest absolute Gasteiger partial charge is 0.497 e. The number of hydrogen-bond donors (Lipinski definition) is 0. The van der Waals surface area contributed by atoms with Crippen LogP contribution in [0.15, 0.2) is 18.2 Å². The highest BCUT2D eigenvalue weighted by Gasteiger charge is 2.42. The number of fused-ring (bicyclic) bond motifs is 2. The molecule has 0 amide bonds. The number of carbonyl (C=O) groups is 1. The van der Waals surface area contributed by atoms with Crippen molar-refractivity contribution in [2.75, 3.05) is 7.11 Å². The van der Waals surface area contributed by atoms with Crippen molar-refractivity contribution in [1.82, 2.24) is 0 Å². The van der Waals surface area contributed by atoms with Gasteiger partial charge in [-0.25, -0.2) is 4.39 Å². The third-order valence-electron chi connectivity index (χ3n) is 4.32. The number of carbonyl (C=O) groups excluding carboxylic acids is 1. The lowest BCUT2D eigenvalue weighted by Crippen LogP contribution is -2.32. The molecule has 0 spiro atoms. The van der Waals surface area contributed by atoms with Crippen LogP contribution in [-0.4, -0.2) is 27.6 Å². The molecule has 0 N–H and O–H groups in total. The van der Waals surface area contributed by atoms with Gasteiger partial charge in [-0.3, -0.25) is 9.00 Å². The smallest absolute Gasteiger partial charge is 0.166 e. The maximum Gasteiger partial charge on any atom is 0.166 e. The van der Waals surface area contributed by atoms with Crippen LogP contribution in [0.5, 0.6) is 5.75 Å². The van der Waals surface area contributed by atoms with Crippen molar-refractivity contribution in [1.29, 1.82) is 0 Å². The lowest BCUT2D eigenvalue weighted by molar-refractivity contribution is 0.0905. The molecule has 1 aromatic carbocycles. The van der Waals surface area contributed by atoms with Crippen molar-refractivity contribution < 1.29 is 18.1 Å². The van der Waals surface area contributed by atoms with Crippen LogP contribution in [0.2, 0.25) is 0 Å². The fraction of sp³-hybridized carbons (Fsp3) is 0.533. The van der Waals surface area contributed by atoms with Crippen molar-refractivity contribution in [3.8, 4) is 5.75 Å². The van der Waals surface area contributed by atoms with Crippen LogP contribution in [0.4, 0.5) is 4.39 Å². The van der Waals surface area contributed by atoms with E-state index in [2.05, 4.69) is 0 Å². The predicted octanol–water partition coefficient (Wildman–Crippen LogP) is 2.71. The first kappa shape index (κ1) is 13.7. The summed E-state index contributed by atoms with van der Waals surface area (Å²) in [4.78, 5) is 12.5. The minimum atomic E-state index is -0.774. The van der Waals surface area contributed by atoms with E-state index in [1.807, 2.05) is 0 Å². The third kappa shape index (κ3) is 2.39. The molecule has 0 radical (unpaired) electrons. The minimum absolute atomic E-state index is 0.0450. The van der Waals surface area contributed by atoms with E-state index in [9.17, 15) is 13.4 Å². The van der Waals surface area contributed by atoms with Crippen molar-refractivity contribution >= 4 is 16.6 Å². The second kappa shape index (κ2) is 5.28. The fourth-order valence-electron chi connectivity index (χ4n) is 3.31. The molecular formula is C15H17FO3S. The van der Waals surface area contributed by atoms with E-state index in [-0.39, 0.29) is 22.2 Å². The van der Waals surface area contributed by atoms with E-state index in [1.54, 1.807) is 6.07 Å². The van der Waals surface area contributed by atoms with Crippen molar-refractivity contribution in [2.24, 2.45) is 5.92 Å². The van der Waals surface area contributed by atoms with Gasteiger partial charge in [-0.15, -0.1) is 0 Å². The molecule has 2 fully saturated rings. The number of Topliss-reactive ketones (excluding diaryl/α,β-unsaturated/α-hetero) is 1. The zero-order chi connectivity index (χ0) is 14.3. The highest BCUT2D eigenvalue weighted by Crippen LogP contribution is 2.40. The Labute approximate surface area is 120 Å². The fourth-order valence-corrected chi connectivity index (χ4v) is 5.43. The molecule has 2 aliphatic rings. The standard InChI is InChI=1S/C15H17FO3S/c1-19-12-5-9(4-11(16)8-12)15(17)10-6-13-2-3-14(7-10)20(13)18/h4-5,8,10,13-14H,2-3,6-7H2,1H3. The van der Waals surface area contributed by atoms with Gasteiger partial charge in [0.15, 0.2) is 5.78 Å². The summed E-state index contributed by atoms with van der Waals surface area (Å²) in [6, 6.07) is 4.10.